The van der Waals surface area contributed by atoms with Crippen molar-refractivity contribution in [3.63, 3.8) is 0 Å². The molecule has 3 nitrogen and oxygen atoms in total. The topological polar surface area (TPSA) is 38.3 Å². The van der Waals surface area contributed by atoms with E-state index in [1.54, 1.807) is 0 Å². The molecule has 2 aromatic carbocycles. The normalized spacial score (nSPS) is 22.1. The summed E-state index contributed by atoms with van der Waals surface area (Å²) in [5.41, 5.74) is 0.790. The first-order valence-corrected chi connectivity index (χ1v) is 7.01. The minimum atomic E-state index is -0.0103. The van der Waals surface area contributed by atoms with Crippen molar-refractivity contribution in [1.82, 2.24) is 5.32 Å². The third kappa shape index (κ3) is 2.68. The summed E-state index contributed by atoms with van der Waals surface area (Å²) in [7, 11) is 0. The van der Waals surface area contributed by atoms with Gasteiger partial charge in [-0.25, -0.2) is 0 Å². The first kappa shape index (κ1) is 13.1. The van der Waals surface area contributed by atoms with Gasteiger partial charge in [0.05, 0.1) is 6.61 Å². The first-order chi connectivity index (χ1) is 9.66. The molecule has 20 heavy (non-hydrogen) atoms. The highest BCUT2D eigenvalue weighted by atomic mass is 16.5. The zero-order valence-corrected chi connectivity index (χ0v) is 11.7. The van der Waals surface area contributed by atoms with Gasteiger partial charge in [-0.15, -0.1) is 0 Å². The van der Waals surface area contributed by atoms with Crippen molar-refractivity contribution in [1.29, 1.82) is 0 Å². The average molecular weight is 269 g/mol. The smallest absolute Gasteiger partial charge is 0.251 e. The van der Waals surface area contributed by atoms with Crippen LogP contribution in [0.1, 0.15) is 23.7 Å². The highest BCUT2D eigenvalue weighted by Crippen LogP contribution is 2.26. The van der Waals surface area contributed by atoms with E-state index in [9.17, 15) is 4.79 Å². The van der Waals surface area contributed by atoms with Crippen LogP contribution in [0, 0.1) is 5.41 Å². The van der Waals surface area contributed by atoms with Crippen molar-refractivity contribution in [2.75, 3.05) is 19.8 Å². The van der Waals surface area contributed by atoms with E-state index in [4.69, 9.17) is 4.74 Å². The maximum Gasteiger partial charge on any atom is 0.251 e. The van der Waals surface area contributed by atoms with Crippen LogP contribution in [0.3, 0.4) is 0 Å². The van der Waals surface area contributed by atoms with Crippen LogP contribution in [0.2, 0.25) is 0 Å². The van der Waals surface area contributed by atoms with Crippen LogP contribution in [0.25, 0.3) is 10.8 Å². The second-order valence-electron chi connectivity index (χ2n) is 5.86. The Balaban J connectivity index is 1.72. The molecule has 1 amide bonds. The van der Waals surface area contributed by atoms with Crippen molar-refractivity contribution < 1.29 is 9.53 Å². The van der Waals surface area contributed by atoms with E-state index in [-0.39, 0.29) is 11.3 Å². The van der Waals surface area contributed by atoms with Gasteiger partial charge in [-0.3, -0.25) is 4.79 Å². The molecule has 1 aliphatic heterocycles. The Labute approximate surface area is 118 Å². The molecule has 0 spiro atoms. The maximum atomic E-state index is 12.2. The van der Waals surface area contributed by atoms with E-state index >= 15 is 0 Å². The van der Waals surface area contributed by atoms with Crippen molar-refractivity contribution in [2.24, 2.45) is 5.41 Å². The molecule has 104 valence electrons. The van der Waals surface area contributed by atoms with Gasteiger partial charge in [0.15, 0.2) is 0 Å². The molecule has 1 atom stereocenters. The molecule has 3 rings (SSSR count). The van der Waals surface area contributed by atoms with E-state index in [0.717, 1.165) is 30.4 Å². The van der Waals surface area contributed by atoms with Crippen LogP contribution < -0.4 is 5.32 Å². The quantitative estimate of drug-likeness (QED) is 0.930. The summed E-state index contributed by atoms with van der Waals surface area (Å²) < 4.78 is 5.40. The van der Waals surface area contributed by atoms with Gasteiger partial charge >= 0.3 is 0 Å². The van der Waals surface area contributed by atoms with Gasteiger partial charge in [-0.2, -0.15) is 0 Å². The van der Waals surface area contributed by atoms with Gasteiger partial charge in [0, 0.05) is 24.1 Å². The monoisotopic (exact) mass is 269 g/mol. The number of hydrogen-bond acceptors (Lipinski definition) is 2. The minimum Gasteiger partial charge on any atom is -0.381 e. The Hall–Kier alpha value is -1.87. The van der Waals surface area contributed by atoms with Crippen LogP contribution in [0.15, 0.2) is 42.5 Å². The number of rotatable bonds is 3. The summed E-state index contributed by atoms with van der Waals surface area (Å²) in [6.45, 7) is 4.34. The summed E-state index contributed by atoms with van der Waals surface area (Å²) in [6, 6.07) is 13.9. The van der Waals surface area contributed by atoms with Crippen molar-refractivity contribution in [3.05, 3.63) is 48.0 Å². The molecule has 1 N–H and O–H groups in total. The number of hydrogen-bond donors (Lipinski definition) is 1. The van der Waals surface area contributed by atoms with Gasteiger partial charge in [-0.1, -0.05) is 37.3 Å². The second kappa shape index (κ2) is 5.25. The molecule has 1 fully saturated rings. The lowest BCUT2D eigenvalue weighted by atomic mass is 9.90. The number of carbonyl (C=O) groups is 1. The Morgan fingerprint density at radius 1 is 1.25 bits per heavy atom. The Kier molecular flexibility index (Phi) is 3.45. The van der Waals surface area contributed by atoms with Crippen LogP contribution >= 0.6 is 0 Å². The number of fused-ring (bicyclic) bond motifs is 1. The SMILES string of the molecule is CC1(CNC(=O)c2ccc3ccccc3c2)CCOC1. The minimum absolute atomic E-state index is 0.0103. The lowest BCUT2D eigenvalue weighted by Crippen LogP contribution is -2.36. The lowest BCUT2D eigenvalue weighted by molar-refractivity contribution is 0.0925. The fourth-order valence-electron chi connectivity index (χ4n) is 2.58. The number of amides is 1. The van der Waals surface area contributed by atoms with Gasteiger partial charge in [0.2, 0.25) is 0 Å². The standard InChI is InChI=1S/C17H19NO2/c1-17(8-9-20-12-17)11-18-16(19)15-7-6-13-4-2-3-5-14(13)10-15/h2-7,10H,8-9,11-12H2,1H3,(H,18,19). The largest absolute Gasteiger partial charge is 0.381 e. The Morgan fingerprint density at radius 3 is 2.80 bits per heavy atom. The first-order valence-electron chi connectivity index (χ1n) is 7.01. The molecule has 0 bridgehead atoms. The molecule has 1 saturated heterocycles. The fourth-order valence-corrected chi connectivity index (χ4v) is 2.58. The molecule has 0 radical (unpaired) electrons. The molecule has 1 unspecified atom stereocenters. The van der Waals surface area contributed by atoms with Gasteiger partial charge < -0.3 is 10.1 Å². The maximum absolute atomic E-state index is 12.2. The zero-order chi connectivity index (χ0) is 14.0. The van der Waals surface area contributed by atoms with Crippen molar-refractivity contribution in [3.8, 4) is 0 Å². The number of nitrogens with one attached hydrogen (secondary N) is 1. The van der Waals surface area contributed by atoms with Crippen LogP contribution in [0.5, 0.6) is 0 Å². The predicted molar refractivity (Wildman–Crippen MR) is 79.8 cm³/mol. The van der Waals surface area contributed by atoms with Gasteiger partial charge in [-0.05, 0) is 29.3 Å². The molecule has 0 aromatic heterocycles. The lowest BCUT2D eigenvalue weighted by Gasteiger charge is -2.21. The van der Waals surface area contributed by atoms with Gasteiger partial charge in [0.25, 0.3) is 5.91 Å². The van der Waals surface area contributed by atoms with E-state index in [1.165, 1.54) is 0 Å². The summed E-state index contributed by atoms with van der Waals surface area (Å²) in [4.78, 5) is 12.2. The highest BCUT2D eigenvalue weighted by Gasteiger charge is 2.30. The Bertz CT molecular complexity index is 630. The molecule has 3 heteroatoms. The van der Waals surface area contributed by atoms with Crippen LogP contribution in [-0.4, -0.2) is 25.7 Å². The number of benzene rings is 2. The molecule has 1 aliphatic rings. The van der Waals surface area contributed by atoms with Crippen molar-refractivity contribution in [2.45, 2.75) is 13.3 Å². The molecule has 0 saturated carbocycles. The third-order valence-corrected chi connectivity index (χ3v) is 3.99. The van der Waals surface area contributed by atoms with Crippen LogP contribution in [-0.2, 0) is 4.74 Å². The highest BCUT2D eigenvalue weighted by molar-refractivity contribution is 5.98. The van der Waals surface area contributed by atoms with Crippen LogP contribution in [0.4, 0.5) is 0 Å². The van der Waals surface area contributed by atoms with Gasteiger partial charge in [0.1, 0.15) is 0 Å². The summed E-state index contributed by atoms with van der Waals surface area (Å²) >= 11 is 0. The van der Waals surface area contributed by atoms with Crippen molar-refractivity contribution >= 4 is 16.7 Å². The number of carbonyl (C=O) groups excluding carboxylic acids is 1. The molecular formula is C17H19NO2. The van der Waals surface area contributed by atoms with E-state index in [1.807, 2.05) is 42.5 Å². The fraction of sp³-hybridized carbons (Fsp3) is 0.353. The van der Waals surface area contributed by atoms with E-state index in [0.29, 0.717) is 12.1 Å². The molecular weight excluding hydrogens is 250 g/mol. The molecule has 2 aromatic rings. The Morgan fingerprint density at radius 2 is 2.05 bits per heavy atom. The van der Waals surface area contributed by atoms with E-state index < -0.39 is 0 Å². The summed E-state index contributed by atoms with van der Waals surface area (Å²) in [5, 5.41) is 5.27. The zero-order valence-electron chi connectivity index (χ0n) is 11.7. The number of ether oxygens (including phenoxy) is 1. The summed E-state index contributed by atoms with van der Waals surface area (Å²) in [6.07, 6.45) is 1.00. The molecule has 1 heterocycles. The van der Waals surface area contributed by atoms with E-state index in [2.05, 4.69) is 12.2 Å². The average Bonchev–Trinajstić information content (AvgIpc) is 2.91. The second-order valence-corrected chi connectivity index (χ2v) is 5.86. The third-order valence-electron chi connectivity index (χ3n) is 3.99. The predicted octanol–water partition coefficient (Wildman–Crippen LogP) is 3.00. The summed E-state index contributed by atoms with van der Waals surface area (Å²) in [5.74, 6) is -0.0103. The molecule has 0 aliphatic carbocycles.